The summed E-state index contributed by atoms with van der Waals surface area (Å²) in [5, 5.41) is 0.647. The van der Waals surface area contributed by atoms with Gasteiger partial charge in [0.25, 0.3) is 0 Å². The summed E-state index contributed by atoms with van der Waals surface area (Å²) in [6.45, 7) is 3.79. The van der Waals surface area contributed by atoms with Crippen molar-refractivity contribution in [1.29, 1.82) is 0 Å². The summed E-state index contributed by atoms with van der Waals surface area (Å²) in [6.07, 6.45) is 1.69. The Kier molecular flexibility index (Phi) is 7.37. The van der Waals surface area contributed by atoms with Crippen molar-refractivity contribution < 1.29 is 14.4 Å². The SMILES string of the molecule is CCc1cccc(Sc2ccc(CCC(C)(N)CP(=O)(O)O)c(Cl)c2)c1. The van der Waals surface area contributed by atoms with Crippen LogP contribution in [0, 0.1) is 0 Å². The van der Waals surface area contributed by atoms with E-state index in [2.05, 4.69) is 31.2 Å². The lowest BCUT2D eigenvalue weighted by atomic mass is 9.96. The van der Waals surface area contributed by atoms with Gasteiger partial charge in [-0.2, -0.15) is 0 Å². The molecule has 0 aliphatic rings. The molecule has 1 atom stereocenters. The molecule has 0 saturated carbocycles. The van der Waals surface area contributed by atoms with E-state index in [0.717, 1.165) is 16.9 Å². The van der Waals surface area contributed by atoms with Crippen LogP contribution in [0.25, 0.3) is 0 Å². The number of hydrogen-bond acceptors (Lipinski definition) is 3. The molecule has 0 bridgehead atoms. The monoisotopic (exact) mass is 413 g/mol. The van der Waals surface area contributed by atoms with Gasteiger partial charge in [-0.1, -0.05) is 48.5 Å². The van der Waals surface area contributed by atoms with Crippen molar-refractivity contribution in [2.45, 2.75) is 48.4 Å². The number of nitrogens with two attached hydrogens (primary N) is 1. The number of benzene rings is 2. The van der Waals surface area contributed by atoms with E-state index in [0.29, 0.717) is 17.9 Å². The Balaban J connectivity index is 2.03. The molecule has 2 rings (SSSR count). The Labute approximate surface area is 164 Å². The highest BCUT2D eigenvalue weighted by Crippen LogP contribution is 2.39. The molecule has 0 amide bonds. The van der Waals surface area contributed by atoms with Crippen molar-refractivity contribution in [3.63, 3.8) is 0 Å². The van der Waals surface area contributed by atoms with Crippen molar-refractivity contribution in [2.75, 3.05) is 6.16 Å². The maximum Gasteiger partial charge on any atom is 0.327 e. The third-order valence-corrected chi connectivity index (χ3v) is 6.57. The first kappa shape index (κ1) is 21.5. The van der Waals surface area contributed by atoms with Crippen LogP contribution in [0.4, 0.5) is 0 Å². The second-order valence-corrected chi connectivity index (χ2v) is 10.0. The lowest BCUT2D eigenvalue weighted by Crippen LogP contribution is -2.40. The molecule has 4 N–H and O–H groups in total. The van der Waals surface area contributed by atoms with Gasteiger partial charge in [0.05, 0.1) is 6.16 Å². The maximum atomic E-state index is 11.2. The molecule has 142 valence electrons. The number of aryl methyl sites for hydroxylation is 2. The summed E-state index contributed by atoms with van der Waals surface area (Å²) in [5.74, 6) is 0. The fourth-order valence-electron chi connectivity index (χ4n) is 2.73. The van der Waals surface area contributed by atoms with Crippen LogP contribution in [0.1, 0.15) is 31.4 Å². The highest BCUT2D eigenvalue weighted by molar-refractivity contribution is 7.99. The number of hydrogen-bond donors (Lipinski definition) is 3. The van der Waals surface area contributed by atoms with E-state index in [1.165, 1.54) is 10.5 Å². The number of halogens is 1. The molecular formula is C19H25ClNO3PS. The molecular weight excluding hydrogens is 389 g/mol. The zero-order valence-corrected chi connectivity index (χ0v) is 17.5. The summed E-state index contributed by atoms with van der Waals surface area (Å²) >= 11 is 8.07. The lowest BCUT2D eigenvalue weighted by molar-refractivity contribution is 0.350. The normalized spacial score (nSPS) is 14.2. The molecule has 7 heteroatoms. The molecule has 0 aliphatic heterocycles. The molecule has 0 spiro atoms. The average molecular weight is 414 g/mol. The van der Waals surface area contributed by atoms with Crippen LogP contribution in [0.2, 0.25) is 5.02 Å². The average Bonchev–Trinajstić information content (AvgIpc) is 2.52. The van der Waals surface area contributed by atoms with Gasteiger partial charge in [-0.3, -0.25) is 4.57 Å². The molecule has 4 nitrogen and oxygen atoms in total. The third-order valence-electron chi connectivity index (χ3n) is 4.10. The second-order valence-electron chi connectivity index (χ2n) is 6.83. The molecule has 0 aliphatic carbocycles. The highest BCUT2D eigenvalue weighted by atomic mass is 35.5. The van der Waals surface area contributed by atoms with E-state index in [-0.39, 0.29) is 6.16 Å². The second kappa shape index (κ2) is 8.92. The zero-order valence-electron chi connectivity index (χ0n) is 15.0. The predicted molar refractivity (Wildman–Crippen MR) is 109 cm³/mol. The minimum absolute atomic E-state index is 0.334. The third kappa shape index (κ3) is 7.07. The Morgan fingerprint density at radius 2 is 1.88 bits per heavy atom. The summed E-state index contributed by atoms with van der Waals surface area (Å²) < 4.78 is 11.2. The first-order valence-corrected chi connectivity index (χ1v) is 11.5. The maximum absolute atomic E-state index is 11.2. The van der Waals surface area contributed by atoms with E-state index in [9.17, 15) is 4.57 Å². The summed E-state index contributed by atoms with van der Waals surface area (Å²) in [6, 6.07) is 14.3. The minimum atomic E-state index is -4.14. The minimum Gasteiger partial charge on any atom is -0.325 e. The quantitative estimate of drug-likeness (QED) is 0.537. The fourth-order valence-corrected chi connectivity index (χ4v) is 5.11. The summed E-state index contributed by atoms with van der Waals surface area (Å²) in [7, 11) is -4.14. The first-order valence-electron chi connectivity index (χ1n) is 8.47. The first-order chi connectivity index (χ1) is 12.1. The summed E-state index contributed by atoms with van der Waals surface area (Å²) in [4.78, 5) is 20.5. The van der Waals surface area contributed by atoms with Crippen molar-refractivity contribution in [2.24, 2.45) is 5.73 Å². The molecule has 0 radical (unpaired) electrons. The fraction of sp³-hybridized carbons (Fsp3) is 0.368. The van der Waals surface area contributed by atoms with Crippen LogP contribution in [0.3, 0.4) is 0 Å². The lowest BCUT2D eigenvalue weighted by Gasteiger charge is -2.25. The molecule has 1 unspecified atom stereocenters. The summed E-state index contributed by atoms with van der Waals surface area (Å²) in [5.41, 5.74) is 7.31. The molecule has 0 aromatic heterocycles. The van der Waals surface area contributed by atoms with Crippen molar-refractivity contribution in [3.05, 3.63) is 58.6 Å². The largest absolute Gasteiger partial charge is 0.327 e. The molecule has 0 heterocycles. The predicted octanol–water partition coefficient (Wildman–Crippen LogP) is 4.88. The van der Waals surface area contributed by atoms with Crippen LogP contribution < -0.4 is 5.73 Å². The van der Waals surface area contributed by atoms with Gasteiger partial charge >= 0.3 is 7.60 Å². The van der Waals surface area contributed by atoms with Gasteiger partial charge < -0.3 is 15.5 Å². The van der Waals surface area contributed by atoms with Gasteiger partial charge in [0.1, 0.15) is 0 Å². The molecule has 2 aromatic carbocycles. The molecule has 0 saturated heterocycles. The van der Waals surface area contributed by atoms with Crippen LogP contribution in [-0.2, 0) is 17.4 Å². The molecule has 26 heavy (non-hydrogen) atoms. The van der Waals surface area contributed by atoms with E-state index in [4.69, 9.17) is 27.1 Å². The van der Waals surface area contributed by atoms with Gasteiger partial charge in [0, 0.05) is 20.4 Å². The van der Waals surface area contributed by atoms with E-state index in [1.807, 2.05) is 18.2 Å². The zero-order chi connectivity index (χ0) is 19.4. The number of rotatable bonds is 8. The van der Waals surface area contributed by atoms with Crippen molar-refractivity contribution in [3.8, 4) is 0 Å². The van der Waals surface area contributed by atoms with Gasteiger partial charge in [-0.05, 0) is 61.6 Å². The van der Waals surface area contributed by atoms with Crippen molar-refractivity contribution >= 4 is 31.0 Å². The van der Waals surface area contributed by atoms with Crippen LogP contribution in [-0.4, -0.2) is 21.5 Å². The Morgan fingerprint density at radius 3 is 2.50 bits per heavy atom. The molecule has 0 fully saturated rings. The van der Waals surface area contributed by atoms with Crippen LogP contribution >= 0.6 is 31.0 Å². The van der Waals surface area contributed by atoms with Crippen LogP contribution in [0.5, 0.6) is 0 Å². The van der Waals surface area contributed by atoms with E-state index < -0.39 is 13.1 Å². The highest BCUT2D eigenvalue weighted by Gasteiger charge is 2.28. The van der Waals surface area contributed by atoms with Gasteiger partial charge in [0.2, 0.25) is 0 Å². The van der Waals surface area contributed by atoms with Gasteiger partial charge in [0.15, 0.2) is 0 Å². The van der Waals surface area contributed by atoms with E-state index in [1.54, 1.807) is 18.7 Å². The Morgan fingerprint density at radius 1 is 1.19 bits per heavy atom. The molecule has 2 aromatic rings. The topological polar surface area (TPSA) is 83.6 Å². The van der Waals surface area contributed by atoms with Crippen molar-refractivity contribution in [1.82, 2.24) is 0 Å². The van der Waals surface area contributed by atoms with Gasteiger partial charge in [-0.15, -0.1) is 0 Å². The Hall–Kier alpha value is -0.810. The van der Waals surface area contributed by atoms with Gasteiger partial charge in [-0.25, -0.2) is 0 Å². The Bertz CT molecular complexity index is 807. The smallest absolute Gasteiger partial charge is 0.325 e. The standard InChI is InChI=1S/C19H25ClNO3PS/c1-3-14-5-4-6-16(11-14)26-17-8-7-15(18(20)12-17)9-10-19(2,21)13-25(22,23)24/h4-8,11-12H,3,9-10,13,21H2,1-2H3,(H2,22,23,24). The van der Waals surface area contributed by atoms with E-state index >= 15 is 0 Å². The van der Waals surface area contributed by atoms with Crippen LogP contribution in [0.15, 0.2) is 52.3 Å².